The van der Waals surface area contributed by atoms with Crippen molar-refractivity contribution in [2.75, 3.05) is 5.32 Å². The Labute approximate surface area is 132 Å². The molecule has 4 atom stereocenters. The van der Waals surface area contributed by atoms with Gasteiger partial charge in [-0.15, -0.1) is 0 Å². The van der Waals surface area contributed by atoms with Crippen LogP contribution in [0.25, 0.3) is 0 Å². The molecule has 4 bridgehead atoms. The molecule has 2 unspecified atom stereocenters. The number of hydrogen-bond donors (Lipinski definition) is 2. The first kappa shape index (κ1) is 14.1. The van der Waals surface area contributed by atoms with Gasteiger partial charge in [0.1, 0.15) is 0 Å². The Balaban J connectivity index is 1.51. The van der Waals surface area contributed by atoms with E-state index in [0.29, 0.717) is 10.8 Å². The minimum Gasteiger partial charge on any atom is -0.332 e. The Bertz CT molecular complexity index is 579. The number of para-hydroxylation sites is 1. The SMILES string of the molecule is C[C@]12CC3CC(NC(=O)Nc4ccccc4)(C1)C[C@@](C)(C3)C2. The van der Waals surface area contributed by atoms with Crippen molar-refractivity contribution in [3.8, 4) is 0 Å². The lowest BCUT2D eigenvalue weighted by Gasteiger charge is -2.65. The molecule has 4 aliphatic rings. The van der Waals surface area contributed by atoms with Gasteiger partial charge in [-0.2, -0.15) is 0 Å². The molecule has 4 aliphatic carbocycles. The van der Waals surface area contributed by atoms with Gasteiger partial charge in [-0.25, -0.2) is 4.79 Å². The normalized spacial score (nSPS) is 42.2. The van der Waals surface area contributed by atoms with Crippen molar-refractivity contribution in [1.82, 2.24) is 5.32 Å². The van der Waals surface area contributed by atoms with Crippen molar-refractivity contribution in [2.45, 2.75) is 57.9 Å². The van der Waals surface area contributed by atoms with E-state index < -0.39 is 0 Å². The standard InChI is InChI=1S/C19H26N2O/c1-17-8-14-9-18(2,11-17)13-19(10-14,12-17)21-16(22)20-15-6-4-3-5-7-15/h3-7,14H,8-13H2,1-2H3,(H2,20,21,22)/t14?,17-,18+,19?. The molecule has 2 N–H and O–H groups in total. The fourth-order valence-electron chi connectivity index (χ4n) is 6.51. The second kappa shape index (κ2) is 4.50. The van der Waals surface area contributed by atoms with Crippen LogP contribution in [0.4, 0.5) is 10.5 Å². The Morgan fingerprint density at radius 1 is 1.00 bits per heavy atom. The lowest BCUT2D eigenvalue weighted by Crippen LogP contribution is -2.65. The van der Waals surface area contributed by atoms with Gasteiger partial charge in [0.2, 0.25) is 0 Å². The molecule has 4 fully saturated rings. The number of hydrogen-bond acceptors (Lipinski definition) is 1. The number of anilines is 1. The van der Waals surface area contributed by atoms with Crippen LogP contribution in [-0.4, -0.2) is 11.6 Å². The predicted octanol–water partition coefficient (Wildman–Crippen LogP) is 4.56. The van der Waals surface area contributed by atoms with E-state index in [1.54, 1.807) is 0 Å². The number of benzene rings is 1. The summed E-state index contributed by atoms with van der Waals surface area (Å²) < 4.78 is 0. The Morgan fingerprint density at radius 3 is 2.23 bits per heavy atom. The van der Waals surface area contributed by atoms with Gasteiger partial charge in [0.15, 0.2) is 0 Å². The van der Waals surface area contributed by atoms with E-state index in [1.165, 1.54) is 25.7 Å². The maximum absolute atomic E-state index is 12.5. The molecular formula is C19H26N2O. The fraction of sp³-hybridized carbons (Fsp3) is 0.632. The molecule has 2 amide bonds. The number of amides is 2. The van der Waals surface area contributed by atoms with E-state index in [0.717, 1.165) is 24.4 Å². The van der Waals surface area contributed by atoms with Crippen molar-refractivity contribution in [3.05, 3.63) is 30.3 Å². The third-order valence-electron chi connectivity index (χ3n) is 6.04. The molecular weight excluding hydrogens is 272 g/mol. The predicted molar refractivity (Wildman–Crippen MR) is 88.7 cm³/mol. The van der Waals surface area contributed by atoms with Crippen LogP contribution in [0.15, 0.2) is 30.3 Å². The van der Waals surface area contributed by atoms with Crippen LogP contribution in [-0.2, 0) is 0 Å². The largest absolute Gasteiger partial charge is 0.332 e. The van der Waals surface area contributed by atoms with Gasteiger partial charge in [-0.1, -0.05) is 32.0 Å². The molecule has 3 nitrogen and oxygen atoms in total. The summed E-state index contributed by atoms with van der Waals surface area (Å²) in [7, 11) is 0. The first-order chi connectivity index (χ1) is 10.4. The first-order valence-corrected chi connectivity index (χ1v) is 8.52. The van der Waals surface area contributed by atoms with E-state index in [1.807, 2.05) is 30.3 Å². The van der Waals surface area contributed by atoms with Gasteiger partial charge >= 0.3 is 6.03 Å². The molecule has 1 aromatic carbocycles. The van der Waals surface area contributed by atoms with Crippen LogP contribution < -0.4 is 10.6 Å². The summed E-state index contributed by atoms with van der Waals surface area (Å²) in [6.45, 7) is 4.86. The molecule has 0 saturated heterocycles. The molecule has 4 saturated carbocycles. The van der Waals surface area contributed by atoms with E-state index in [9.17, 15) is 4.79 Å². The van der Waals surface area contributed by atoms with E-state index in [-0.39, 0.29) is 11.6 Å². The van der Waals surface area contributed by atoms with Crippen molar-refractivity contribution in [1.29, 1.82) is 0 Å². The van der Waals surface area contributed by atoms with Crippen LogP contribution in [0.1, 0.15) is 52.4 Å². The fourth-order valence-corrected chi connectivity index (χ4v) is 6.51. The Morgan fingerprint density at radius 2 is 1.64 bits per heavy atom. The second-order valence-electron chi connectivity index (χ2n) is 8.86. The summed E-state index contributed by atoms with van der Waals surface area (Å²) in [6, 6.07) is 9.68. The topological polar surface area (TPSA) is 41.1 Å². The summed E-state index contributed by atoms with van der Waals surface area (Å²) in [5.74, 6) is 0.795. The van der Waals surface area contributed by atoms with Crippen molar-refractivity contribution >= 4 is 11.7 Å². The van der Waals surface area contributed by atoms with Gasteiger partial charge in [-0.05, 0) is 67.4 Å². The Hall–Kier alpha value is -1.51. The number of rotatable bonds is 2. The average Bonchev–Trinajstić information content (AvgIpc) is 2.34. The van der Waals surface area contributed by atoms with Crippen molar-refractivity contribution in [2.24, 2.45) is 16.7 Å². The zero-order chi connectivity index (χ0) is 15.4. The van der Waals surface area contributed by atoms with E-state index in [2.05, 4.69) is 24.5 Å². The molecule has 118 valence electrons. The van der Waals surface area contributed by atoms with Crippen LogP contribution in [0.2, 0.25) is 0 Å². The Kier molecular flexibility index (Phi) is 2.88. The van der Waals surface area contributed by atoms with Gasteiger partial charge in [-0.3, -0.25) is 0 Å². The zero-order valence-electron chi connectivity index (χ0n) is 13.6. The lowest BCUT2D eigenvalue weighted by molar-refractivity contribution is -0.113. The number of carbonyl (C=O) groups excluding carboxylic acids is 1. The van der Waals surface area contributed by atoms with Gasteiger partial charge in [0.25, 0.3) is 0 Å². The highest BCUT2D eigenvalue weighted by molar-refractivity contribution is 5.89. The minimum absolute atomic E-state index is 0.0157. The van der Waals surface area contributed by atoms with Crippen LogP contribution in [0.3, 0.4) is 0 Å². The highest BCUT2D eigenvalue weighted by Crippen LogP contribution is 2.66. The maximum atomic E-state index is 12.5. The maximum Gasteiger partial charge on any atom is 0.319 e. The molecule has 22 heavy (non-hydrogen) atoms. The van der Waals surface area contributed by atoms with Crippen LogP contribution in [0.5, 0.6) is 0 Å². The zero-order valence-corrected chi connectivity index (χ0v) is 13.6. The lowest BCUT2D eigenvalue weighted by atomic mass is 9.43. The van der Waals surface area contributed by atoms with Gasteiger partial charge in [0.05, 0.1) is 0 Å². The summed E-state index contributed by atoms with van der Waals surface area (Å²) in [4.78, 5) is 12.5. The van der Waals surface area contributed by atoms with E-state index >= 15 is 0 Å². The number of nitrogens with one attached hydrogen (secondary N) is 2. The summed E-state index contributed by atoms with van der Waals surface area (Å²) in [5, 5.41) is 6.37. The summed E-state index contributed by atoms with van der Waals surface area (Å²) in [6.07, 6.45) is 7.50. The third kappa shape index (κ3) is 2.41. The van der Waals surface area contributed by atoms with Crippen LogP contribution in [0, 0.1) is 16.7 Å². The second-order valence-corrected chi connectivity index (χ2v) is 8.86. The van der Waals surface area contributed by atoms with Gasteiger partial charge < -0.3 is 10.6 Å². The molecule has 0 spiro atoms. The molecule has 5 rings (SSSR count). The summed E-state index contributed by atoms with van der Waals surface area (Å²) >= 11 is 0. The van der Waals surface area contributed by atoms with E-state index in [4.69, 9.17) is 0 Å². The highest BCUT2D eigenvalue weighted by atomic mass is 16.2. The average molecular weight is 298 g/mol. The molecule has 0 aromatic heterocycles. The molecule has 1 aromatic rings. The molecule has 0 radical (unpaired) electrons. The minimum atomic E-state index is -0.0413. The highest BCUT2D eigenvalue weighted by Gasteiger charge is 2.60. The number of carbonyl (C=O) groups is 1. The first-order valence-electron chi connectivity index (χ1n) is 8.52. The van der Waals surface area contributed by atoms with Gasteiger partial charge in [0, 0.05) is 11.2 Å². The van der Waals surface area contributed by atoms with Crippen molar-refractivity contribution in [3.63, 3.8) is 0 Å². The number of urea groups is 1. The molecule has 0 aliphatic heterocycles. The van der Waals surface area contributed by atoms with Crippen molar-refractivity contribution < 1.29 is 4.79 Å². The monoisotopic (exact) mass is 298 g/mol. The quantitative estimate of drug-likeness (QED) is 0.826. The third-order valence-corrected chi connectivity index (χ3v) is 6.04. The molecule has 0 heterocycles. The summed E-state index contributed by atoms with van der Waals surface area (Å²) in [5.41, 5.74) is 1.73. The smallest absolute Gasteiger partial charge is 0.319 e. The van der Waals surface area contributed by atoms with Crippen LogP contribution >= 0.6 is 0 Å². The molecule has 3 heteroatoms.